The maximum absolute atomic E-state index is 6.64. The summed E-state index contributed by atoms with van der Waals surface area (Å²) in [5.74, 6) is 1.10. The lowest BCUT2D eigenvalue weighted by atomic mass is 9.87. The first-order chi connectivity index (χ1) is 10.8. The van der Waals surface area contributed by atoms with Crippen LogP contribution in [-0.2, 0) is 18.4 Å². The molecule has 0 spiro atoms. The summed E-state index contributed by atoms with van der Waals surface area (Å²) in [5, 5.41) is 2.69. The van der Waals surface area contributed by atoms with E-state index in [-0.39, 0.29) is 5.60 Å². The van der Waals surface area contributed by atoms with Gasteiger partial charge in [-0.3, -0.25) is 0 Å². The van der Waals surface area contributed by atoms with Crippen LogP contribution >= 0.6 is 0 Å². The summed E-state index contributed by atoms with van der Waals surface area (Å²) in [5.41, 5.74) is 4.63. The lowest BCUT2D eigenvalue weighted by molar-refractivity contribution is 0.119. The van der Waals surface area contributed by atoms with Crippen molar-refractivity contribution in [3.63, 3.8) is 0 Å². The van der Waals surface area contributed by atoms with E-state index in [1.54, 1.807) is 0 Å². The molecule has 3 aromatic rings. The molecule has 1 fully saturated rings. The maximum atomic E-state index is 6.64. The molecule has 0 saturated heterocycles. The van der Waals surface area contributed by atoms with Crippen LogP contribution in [0.25, 0.3) is 10.8 Å². The van der Waals surface area contributed by atoms with E-state index in [0.717, 1.165) is 12.2 Å². The van der Waals surface area contributed by atoms with E-state index < -0.39 is 0 Å². The largest absolute Gasteiger partial charge is 0.482 e. The second-order valence-corrected chi connectivity index (χ2v) is 7.16. The van der Waals surface area contributed by atoms with Crippen LogP contribution in [0.1, 0.15) is 23.1 Å². The smallest absolute Gasteiger partial charge is 0.141 e. The fourth-order valence-electron chi connectivity index (χ4n) is 5.04. The summed E-state index contributed by atoms with van der Waals surface area (Å²) in [6.45, 7) is 0. The SMILES string of the molecule is c1ccc2c(c1)CC13Cc4c(ccc5ccccc45)OC21C3. The van der Waals surface area contributed by atoms with Gasteiger partial charge in [0.2, 0.25) is 0 Å². The molecule has 106 valence electrons. The van der Waals surface area contributed by atoms with Crippen LogP contribution in [-0.4, -0.2) is 0 Å². The molecular weight excluding hydrogens is 268 g/mol. The highest BCUT2D eigenvalue weighted by Crippen LogP contribution is 2.75. The molecule has 0 radical (unpaired) electrons. The van der Waals surface area contributed by atoms with Crippen molar-refractivity contribution in [3.05, 3.63) is 77.4 Å². The van der Waals surface area contributed by atoms with Gasteiger partial charge in [-0.05, 0) is 40.8 Å². The molecule has 2 atom stereocenters. The van der Waals surface area contributed by atoms with Gasteiger partial charge in [0.25, 0.3) is 0 Å². The van der Waals surface area contributed by atoms with Crippen molar-refractivity contribution < 1.29 is 4.74 Å². The van der Waals surface area contributed by atoms with Gasteiger partial charge >= 0.3 is 0 Å². The molecule has 6 rings (SSSR count). The molecule has 0 bridgehead atoms. The van der Waals surface area contributed by atoms with Crippen LogP contribution in [0.15, 0.2) is 60.7 Å². The second kappa shape index (κ2) is 3.38. The molecule has 1 saturated carbocycles. The van der Waals surface area contributed by atoms with Gasteiger partial charge in [-0.25, -0.2) is 0 Å². The molecule has 1 heterocycles. The Labute approximate surface area is 129 Å². The Balaban J connectivity index is 1.60. The van der Waals surface area contributed by atoms with Gasteiger partial charge in [-0.15, -0.1) is 0 Å². The summed E-state index contributed by atoms with van der Waals surface area (Å²) in [7, 11) is 0. The normalized spacial score (nSPS) is 30.0. The maximum Gasteiger partial charge on any atom is 0.141 e. The highest BCUT2D eigenvalue weighted by molar-refractivity contribution is 5.88. The molecule has 2 unspecified atom stereocenters. The van der Waals surface area contributed by atoms with Crippen LogP contribution in [0.4, 0.5) is 0 Å². The average Bonchev–Trinajstić information content (AvgIpc) is 3.12. The first kappa shape index (κ1) is 11.3. The van der Waals surface area contributed by atoms with Crippen molar-refractivity contribution in [1.29, 1.82) is 0 Å². The number of ether oxygens (including phenoxy) is 1. The van der Waals surface area contributed by atoms with Crippen molar-refractivity contribution in [3.8, 4) is 5.75 Å². The molecule has 2 aliphatic carbocycles. The number of rotatable bonds is 0. The van der Waals surface area contributed by atoms with Crippen LogP contribution in [0.2, 0.25) is 0 Å². The topological polar surface area (TPSA) is 9.23 Å². The zero-order valence-electron chi connectivity index (χ0n) is 12.3. The molecule has 1 heteroatoms. The minimum atomic E-state index is -0.0287. The average molecular weight is 284 g/mol. The van der Waals surface area contributed by atoms with E-state index in [1.807, 2.05) is 0 Å². The number of hydrogen-bond acceptors (Lipinski definition) is 1. The van der Waals surface area contributed by atoms with Gasteiger partial charge < -0.3 is 4.74 Å². The Kier molecular flexibility index (Phi) is 1.74. The van der Waals surface area contributed by atoms with E-state index in [1.165, 1.54) is 40.3 Å². The monoisotopic (exact) mass is 284 g/mol. The fraction of sp³-hybridized carbons (Fsp3) is 0.238. The Hall–Kier alpha value is -2.28. The highest BCUT2D eigenvalue weighted by Gasteiger charge is 2.76. The number of fused-ring (bicyclic) bond motifs is 4. The van der Waals surface area contributed by atoms with E-state index in [2.05, 4.69) is 60.7 Å². The third kappa shape index (κ3) is 1.11. The van der Waals surface area contributed by atoms with Gasteiger partial charge in [0.05, 0.1) is 0 Å². The van der Waals surface area contributed by atoms with Crippen molar-refractivity contribution in [1.82, 2.24) is 0 Å². The number of benzene rings is 3. The zero-order chi connectivity index (χ0) is 14.4. The Bertz CT molecular complexity index is 957. The molecule has 0 aromatic heterocycles. The Morgan fingerprint density at radius 2 is 1.68 bits per heavy atom. The van der Waals surface area contributed by atoms with E-state index >= 15 is 0 Å². The van der Waals surface area contributed by atoms with Crippen LogP contribution in [0.5, 0.6) is 5.75 Å². The quantitative estimate of drug-likeness (QED) is 0.585. The summed E-state index contributed by atoms with van der Waals surface area (Å²) in [4.78, 5) is 0. The molecule has 0 N–H and O–H groups in total. The van der Waals surface area contributed by atoms with Gasteiger partial charge in [-0.1, -0.05) is 54.6 Å². The predicted molar refractivity (Wildman–Crippen MR) is 87.2 cm³/mol. The summed E-state index contributed by atoms with van der Waals surface area (Å²) >= 11 is 0. The van der Waals surface area contributed by atoms with Crippen LogP contribution < -0.4 is 4.74 Å². The first-order valence-corrected chi connectivity index (χ1v) is 8.09. The minimum absolute atomic E-state index is 0.0287. The van der Waals surface area contributed by atoms with Crippen molar-refractivity contribution in [2.45, 2.75) is 24.9 Å². The summed E-state index contributed by atoms with van der Waals surface area (Å²) in [6, 6.07) is 21.9. The summed E-state index contributed by atoms with van der Waals surface area (Å²) in [6.07, 6.45) is 3.50. The zero-order valence-corrected chi connectivity index (χ0v) is 12.3. The lowest BCUT2D eigenvalue weighted by Gasteiger charge is -2.29. The Morgan fingerprint density at radius 1 is 0.818 bits per heavy atom. The van der Waals surface area contributed by atoms with Gasteiger partial charge in [0.15, 0.2) is 0 Å². The first-order valence-electron chi connectivity index (χ1n) is 8.09. The van der Waals surface area contributed by atoms with E-state index in [4.69, 9.17) is 4.74 Å². The molecule has 3 aromatic carbocycles. The van der Waals surface area contributed by atoms with Gasteiger partial charge in [0, 0.05) is 17.4 Å². The van der Waals surface area contributed by atoms with Crippen molar-refractivity contribution in [2.75, 3.05) is 0 Å². The van der Waals surface area contributed by atoms with E-state index in [0.29, 0.717) is 5.41 Å². The lowest BCUT2D eigenvalue weighted by Crippen LogP contribution is -2.27. The third-order valence-corrected chi connectivity index (χ3v) is 6.10. The minimum Gasteiger partial charge on any atom is -0.482 e. The van der Waals surface area contributed by atoms with Gasteiger partial charge in [-0.2, -0.15) is 0 Å². The van der Waals surface area contributed by atoms with E-state index in [9.17, 15) is 0 Å². The highest BCUT2D eigenvalue weighted by atomic mass is 16.5. The van der Waals surface area contributed by atoms with Crippen LogP contribution in [0, 0.1) is 5.41 Å². The third-order valence-electron chi connectivity index (χ3n) is 6.10. The van der Waals surface area contributed by atoms with Gasteiger partial charge in [0.1, 0.15) is 11.4 Å². The summed E-state index contributed by atoms with van der Waals surface area (Å²) < 4.78 is 6.64. The molecule has 0 amide bonds. The predicted octanol–water partition coefficient (Wildman–Crippen LogP) is 4.62. The molecule has 1 nitrogen and oxygen atoms in total. The molecule has 1 aliphatic heterocycles. The molecule has 3 aliphatic rings. The second-order valence-electron chi connectivity index (χ2n) is 7.16. The Morgan fingerprint density at radius 3 is 2.68 bits per heavy atom. The molecule has 22 heavy (non-hydrogen) atoms. The standard InChI is InChI=1S/C21H16O/c1-3-7-16-14(5-1)9-10-19-17(16)12-20-11-15-6-2-4-8-18(15)21(20,13-20)22-19/h1-10H,11-13H2. The van der Waals surface area contributed by atoms with Crippen molar-refractivity contribution in [2.24, 2.45) is 5.41 Å². The fourth-order valence-corrected chi connectivity index (χ4v) is 5.04. The number of hydrogen-bond donors (Lipinski definition) is 0. The molecular formula is C21H16O. The van der Waals surface area contributed by atoms with Crippen LogP contribution in [0.3, 0.4) is 0 Å². The van der Waals surface area contributed by atoms with Crippen molar-refractivity contribution >= 4 is 10.8 Å².